The van der Waals surface area contributed by atoms with E-state index in [1.165, 1.54) is 0 Å². The molecule has 0 saturated carbocycles. The van der Waals surface area contributed by atoms with Crippen LogP contribution in [0, 0.1) is 5.92 Å². The van der Waals surface area contributed by atoms with Crippen molar-refractivity contribution in [3.63, 3.8) is 0 Å². The van der Waals surface area contributed by atoms with Crippen molar-refractivity contribution in [1.29, 1.82) is 0 Å². The zero-order chi connectivity index (χ0) is 13.0. The molecule has 1 aliphatic rings. The molecule has 1 fully saturated rings. The van der Waals surface area contributed by atoms with Crippen molar-refractivity contribution in [2.24, 2.45) is 11.7 Å². The summed E-state index contributed by atoms with van der Waals surface area (Å²) in [6.45, 7) is 12.2. The number of carbonyl (C=O) groups is 1. The van der Waals surface area contributed by atoms with Gasteiger partial charge in [0.05, 0.1) is 6.04 Å². The minimum Gasteiger partial charge on any atom is -0.340 e. The van der Waals surface area contributed by atoms with Crippen molar-refractivity contribution in [3.05, 3.63) is 0 Å². The highest BCUT2D eigenvalue weighted by molar-refractivity contribution is 5.85. The summed E-state index contributed by atoms with van der Waals surface area (Å²) >= 11 is 0. The number of nitrogens with zero attached hydrogens (tertiary/aromatic N) is 2. The summed E-state index contributed by atoms with van der Waals surface area (Å²) in [6.07, 6.45) is 1.08. The average Bonchev–Trinajstić information content (AvgIpc) is 2.78. The van der Waals surface area contributed by atoms with Gasteiger partial charge in [0.15, 0.2) is 0 Å². The van der Waals surface area contributed by atoms with Crippen LogP contribution in [-0.4, -0.2) is 54.0 Å². The molecule has 0 aromatic heterocycles. The van der Waals surface area contributed by atoms with E-state index < -0.39 is 0 Å². The molecule has 19 heavy (non-hydrogen) atoms. The lowest BCUT2D eigenvalue weighted by atomic mass is 10.0. The topological polar surface area (TPSA) is 49.6 Å². The molecule has 1 rings (SSSR count). The number of hydrogen-bond acceptors (Lipinski definition) is 3. The van der Waals surface area contributed by atoms with Gasteiger partial charge in [-0.2, -0.15) is 0 Å². The lowest BCUT2D eigenvalue weighted by molar-refractivity contribution is -0.132. The fourth-order valence-corrected chi connectivity index (χ4v) is 2.48. The molecule has 4 nitrogen and oxygen atoms in total. The number of hydrogen-bond donors (Lipinski definition) is 1. The molecule has 2 N–H and O–H groups in total. The van der Waals surface area contributed by atoms with Gasteiger partial charge in [0.2, 0.25) is 5.91 Å². The number of likely N-dealkylation sites (tertiary alicyclic amines) is 1. The monoisotopic (exact) mass is 313 g/mol. The predicted molar refractivity (Wildman–Crippen MR) is 85.2 cm³/mol. The molecule has 1 saturated heterocycles. The van der Waals surface area contributed by atoms with E-state index in [0.717, 1.165) is 32.6 Å². The Balaban J connectivity index is 0. The molecule has 2 atom stereocenters. The smallest absolute Gasteiger partial charge is 0.239 e. The quantitative estimate of drug-likeness (QED) is 0.841. The van der Waals surface area contributed by atoms with Gasteiger partial charge in [-0.15, -0.1) is 24.8 Å². The number of carbonyl (C=O) groups excluding carboxylic acids is 1. The Labute approximate surface area is 129 Å². The number of likely N-dealkylation sites (N-methyl/N-ethyl adjacent to an activating group) is 1. The number of rotatable bonds is 5. The van der Waals surface area contributed by atoms with Crippen molar-refractivity contribution in [1.82, 2.24) is 9.80 Å². The van der Waals surface area contributed by atoms with Gasteiger partial charge < -0.3 is 10.6 Å². The minimum atomic E-state index is -0.342. The summed E-state index contributed by atoms with van der Waals surface area (Å²) in [7, 11) is 0. The third kappa shape index (κ3) is 5.46. The molecular formula is C13H29Cl2N3O. The normalized spacial score (nSPS) is 20.2. The van der Waals surface area contributed by atoms with Crippen LogP contribution in [0.3, 0.4) is 0 Å². The molecule has 0 aromatic carbocycles. The highest BCUT2D eigenvalue weighted by atomic mass is 35.5. The summed E-state index contributed by atoms with van der Waals surface area (Å²) in [6, 6.07) is 0.179. The molecule has 116 valence electrons. The molecule has 0 aromatic rings. The highest BCUT2D eigenvalue weighted by Gasteiger charge is 2.32. The summed E-state index contributed by atoms with van der Waals surface area (Å²) in [5.41, 5.74) is 5.92. The molecular weight excluding hydrogens is 285 g/mol. The maximum absolute atomic E-state index is 12.1. The van der Waals surface area contributed by atoms with Crippen LogP contribution in [-0.2, 0) is 4.79 Å². The Morgan fingerprint density at radius 3 is 2.26 bits per heavy atom. The van der Waals surface area contributed by atoms with E-state index in [1.807, 2.05) is 18.7 Å². The first-order chi connectivity index (χ1) is 8.01. The van der Waals surface area contributed by atoms with Gasteiger partial charge in [-0.3, -0.25) is 9.69 Å². The van der Waals surface area contributed by atoms with Crippen molar-refractivity contribution in [3.8, 4) is 0 Å². The van der Waals surface area contributed by atoms with E-state index in [1.54, 1.807) is 0 Å². The Bertz CT molecular complexity index is 260. The number of amides is 1. The number of nitrogens with two attached hydrogens (primary N) is 1. The standard InChI is InChI=1S/C13H27N3O.2ClH/c1-5-15(6-2)11-7-8-16(9-11)13(17)12(14)10(3)4;;/h10-12H,5-9,14H2,1-4H3;2*1H. The maximum Gasteiger partial charge on any atom is 0.239 e. The molecule has 6 heteroatoms. The van der Waals surface area contributed by atoms with Crippen LogP contribution >= 0.6 is 24.8 Å². The first-order valence-electron chi connectivity index (χ1n) is 6.79. The molecule has 0 bridgehead atoms. The fourth-order valence-electron chi connectivity index (χ4n) is 2.48. The van der Waals surface area contributed by atoms with Crippen LogP contribution in [0.2, 0.25) is 0 Å². The SMILES string of the molecule is CCN(CC)C1CCN(C(=O)C(N)C(C)C)C1.Cl.Cl. The Morgan fingerprint density at radius 1 is 1.32 bits per heavy atom. The Kier molecular flexibility index (Phi) is 11.0. The van der Waals surface area contributed by atoms with E-state index in [2.05, 4.69) is 18.7 Å². The molecule has 0 radical (unpaired) electrons. The van der Waals surface area contributed by atoms with E-state index in [9.17, 15) is 4.79 Å². The van der Waals surface area contributed by atoms with Crippen molar-refractivity contribution >= 4 is 30.7 Å². The van der Waals surface area contributed by atoms with Gasteiger partial charge in [-0.05, 0) is 25.4 Å². The molecule has 0 spiro atoms. The lowest BCUT2D eigenvalue weighted by Gasteiger charge is -2.27. The van der Waals surface area contributed by atoms with Crippen molar-refractivity contribution in [2.45, 2.75) is 46.2 Å². The van der Waals surface area contributed by atoms with E-state index in [4.69, 9.17) is 5.73 Å². The van der Waals surface area contributed by atoms with Crippen LogP contribution in [0.5, 0.6) is 0 Å². The van der Waals surface area contributed by atoms with Crippen molar-refractivity contribution < 1.29 is 4.79 Å². The fraction of sp³-hybridized carbons (Fsp3) is 0.923. The minimum absolute atomic E-state index is 0. The molecule has 2 unspecified atom stereocenters. The van der Waals surface area contributed by atoms with Gasteiger partial charge in [0.25, 0.3) is 0 Å². The second kappa shape index (κ2) is 9.81. The number of halogens is 2. The first kappa shape index (κ1) is 21.3. The average molecular weight is 314 g/mol. The molecule has 1 aliphatic heterocycles. The zero-order valence-electron chi connectivity index (χ0n) is 12.5. The third-order valence-corrected chi connectivity index (χ3v) is 3.81. The lowest BCUT2D eigenvalue weighted by Crippen LogP contribution is -2.47. The van der Waals surface area contributed by atoms with Crippen LogP contribution in [0.4, 0.5) is 0 Å². The molecule has 1 amide bonds. The Morgan fingerprint density at radius 2 is 1.84 bits per heavy atom. The van der Waals surface area contributed by atoms with Crippen molar-refractivity contribution in [2.75, 3.05) is 26.2 Å². The van der Waals surface area contributed by atoms with Gasteiger partial charge in [-0.1, -0.05) is 27.7 Å². The summed E-state index contributed by atoms with van der Waals surface area (Å²) in [5, 5.41) is 0. The zero-order valence-corrected chi connectivity index (χ0v) is 14.1. The Hall–Kier alpha value is -0.0300. The second-order valence-corrected chi connectivity index (χ2v) is 5.22. The molecule has 1 heterocycles. The van der Waals surface area contributed by atoms with Crippen LogP contribution in [0.1, 0.15) is 34.1 Å². The van der Waals surface area contributed by atoms with Gasteiger partial charge in [0, 0.05) is 19.1 Å². The largest absolute Gasteiger partial charge is 0.340 e. The van der Waals surface area contributed by atoms with E-state index in [-0.39, 0.29) is 42.7 Å². The third-order valence-electron chi connectivity index (χ3n) is 3.81. The summed E-state index contributed by atoms with van der Waals surface area (Å²) < 4.78 is 0. The van der Waals surface area contributed by atoms with Crippen LogP contribution in [0.25, 0.3) is 0 Å². The second-order valence-electron chi connectivity index (χ2n) is 5.22. The van der Waals surface area contributed by atoms with Crippen LogP contribution in [0.15, 0.2) is 0 Å². The van der Waals surface area contributed by atoms with Gasteiger partial charge in [-0.25, -0.2) is 0 Å². The van der Waals surface area contributed by atoms with E-state index >= 15 is 0 Å². The van der Waals surface area contributed by atoms with E-state index in [0.29, 0.717) is 6.04 Å². The summed E-state index contributed by atoms with van der Waals surface area (Å²) in [5.74, 6) is 0.338. The first-order valence-corrected chi connectivity index (χ1v) is 6.79. The maximum atomic E-state index is 12.1. The summed E-state index contributed by atoms with van der Waals surface area (Å²) in [4.78, 5) is 16.5. The molecule has 0 aliphatic carbocycles. The van der Waals surface area contributed by atoms with Gasteiger partial charge in [0.1, 0.15) is 0 Å². The highest BCUT2D eigenvalue weighted by Crippen LogP contribution is 2.17. The predicted octanol–water partition coefficient (Wildman–Crippen LogP) is 1.76. The van der Waals surface area contributed by atoms with Gasteiger partial charge >= 0.3 is 0 Å². The van der Waals surface area contributed by atoms with Crippen LogP contribution < -0.4 is 5.73 Å².